The summed E-state index contributed by atoms with van der Waals surface area (Å²) < 4.78 is 13.7. The first-order valence-electron chi connectivity index (χ1n) is 9.10. The first kappa shape index (κ1) is 18.6. The van der Waals surface area contributed by atoms with Gasteiger partial charge in [0.25, 0.3) is 5.56 Å². The van der Waals surface area contributed by atoms with Crippen LogP contribution in [-0.4, -0.2) is 29.8 Å². The zero-order valence-corrected chi connectivity index (χ0v) is 17.6. The molecule has 1 aromatic heterocycles. The molecule has 0 saturated heterocycles. The zero-order valence-electron chi connectivity index (χ0n) is 15.2. The van der Waals surface area contributed by atoms with Crippen LogP contribution in [0.2, 0.25) is 5.15 Å². The van der Waals surface area contributed by atoms with Crippen LogP contribution in [0.1, 0.15) is 32.2 Å². The molecule has 1 fully saturated rings. The average Bonchev–Trinajstić information content (AvgIpc) is 3.49. The second kappa shape index (κ2) is 7.36. The fourth-order valence-corrected chi connectivity index (χ4v) is 4.56. The first-order valence-corrected chi connectivity index (χ1v) is 10.3. The number of halogens is 2. The number of anilines is 2. The average molecular weight is 455 g/mol. The third kappa shape index (κ3) is 3.43. The Kier molecular flexibility index (Phi) is 5.07. The quantitative estimate of drug-likeness (QED) is 0.663. The van der Waals surface area contributed by atoms with Crippen molar-refractivity contribution in [2.75, 3.05) is 25.2 Å². The van der Waals surface area contributed by atoms with E-state index in [1.54, 1.807) is 17.9 Å². The number of rotatable bonds is 5. The van der Waals surface area contributed by atoms with Gasteiger partial charge in [-0.1, -0.05) is 18.5 Å². The summed E-state index contributed by atoms with van der Waals surface area (Å²) in [7, 11) is 1.61. The largest absolute Gasteiger partial charge is 0.497 e. The molecule has 1 atom stereocenters. The van der Waals surface area contributed by atoms with Crippen LogP contribution in [0.4, 0.5) is 11.5 Å². The molecule has 2 aromatic rings. The van der Waals surface area contributed by atoms with E-state index in [9.17, 15) is 4.79 Å². The SMILES string of the molecule is CC[C@@H](C1CC1)n1cc(Cl)nc(N2CCOc3cc(OC)cc(Br)c32)c1=O. The number of hydrogen-bond acceptors (Lipinski definition) is 5. The maximum absolute atomic E-state index is 13.3. The van der Waals surface area contributed by atoms with E-state index in [1.807, 2.05) is 17.0 Å². The molecule has 1 aliphatic heterocycles. The molecule has 2 aliphatic rings. The van der Waals surface area contributed by atoms with Crippen molar-refractivity contribution in [2.24, 2.45) is 5.92 Å². The summed E-state index contributed by atoms with van der Waals surface area (Å²) in [6, 6.07) is 3.83. The lowest BCUT2D eigenvalue weighted by molar-refractivity contribution is 0.310. The molecular formula is C19H21BrClN3O3. The van der Waals surface area contributed by atoms with Gasteiger partial charge in [0.2, 0.25) is 5.82 Å². The van der Waals surface area contributed by atoms with Crippen LogP contribution in [0.15, 0.2) is 27.6 Å². The van der Waals surface area contributed by atoms with Crippen molar-refractivity contribution in [2.45, 2.75) is 32.2 Å². The number of hydrogen-bond donors (Lipinski definition) is 0. The molecule has 0 radical (unpaired) electrons. The van der Waals surface area contributed by atoms with Crippen molar-refractivity contribution < 1.29 is 9.47 Å². The normalized spacial score (nSPS) is 17.3. The van der Waals surface area contributed by atoms with Gasteiger partial charge in [-0.2, -0.15) is 0 Å². The summed E-state index contributed by atoms with van der Waals surface area (Å²) in [4.78, 5) is 19.6. The Morgan fingerprint density at radius 2 is 2.22 bits per heavy atom. The molecule has 2 heterocycles. The standard InChI is InChI=1S/C19H21BrClN3O3/c1-3-14(11-4-5-11)24-10-16(21)22-18(19(24)25)23-6-7-27-15-9-12(26-2)8-13(20)17(15)23/h8-11,14H,3-7H2,1-2H3/t14-/m0/s1. The molecule has 6 nitrogen and oxygen atoms in total. The summed E-state index contributed by atoms with van der Waals surface area (Å²) >= 11 is 9.90. The lowest BCUT2D eigenvalue weighted by Gasteiger charge is -2.32. The number of nitrogens with zero attached hydrogens (tertiary/aromatic N) is 3. The molecule has 27 heavy (non-hydrogen) atoms. The molecule has 0 unspecified atom stereocenters. The third-order valence-corrected chi connectivity index (χ3v) is 5.95. The predicted molar refractivity (Wildman–Crippen MR) is 109 cm³/mol. The number of benzene rings is 1. The highest BCUT2D eigenvalue weighted by Gasteiger charge is 2.34. The van der Waals surface area contributed by atoms with Gasteiger partial charge in [-0.3, -0.25) is 4.79 Å². The van der Waals surface area contributed by atoms with Crippen molar-refractivity contribution >= 4 is 39.0 Å². The van der Waals surface area contributed by atoms with Gasteiger partial charge in [-0.25, -0.2) is 4.98 Å². The Morgan fingerprint density at radius 1 is 1.44 bits per heavy atom. The summed E-state index contributed by atoms with van der Waals surface area (Å²) in [6.07, 6.45) is 4.88. The fourth-order valence-electron chi connectivity index (χ4n) is 3.74. The van der Waals surface area contributed by atoms with E-state index in [0.717, 1.165) is 29.4 Å². The molecule has 1 aromatic carbocycles. The van der Waals surface area contributed by atoms with Crippen LogP contribution in [0, 0.1) is 5.92 Å². The van der Waals surface area contributed by atoms with Gasteiger partial charge in [0.1, 0.15) is 23.3 Å². The Morgan fingerprint density at radius 3 is 2.89 bits per heavy atom. The lowest BCUT2D eigenvalue weighted by Crippen LogP contribution is -2.37. The van der Waals surface area contributed by atoms with E-state index < -0.39 is 0 Å². The Hall–Kier alpha value is -1.73. The second-order valence-corrected chi connectivity index (χ2v) is 8.11. The number of aromatic nitrogens is 2. The molecule has 8 heteroatoms. The van der Waals surface area contributed by atoms with E-state index in [1.165, 1.54) is 0 Å². The number of ether oxygens (including phenoxy) is 2. The molecular weight excluding hydrogens is 434 g/mol. The monoisotopic (exact) mass is 453 g/mol. The molecule has 0 bridgehead atoms. The maximum atomic E-state index is 13.3. The van der Waals surface area contributed by atoms with Crippen molar-refractivity contribution in [1.82, 2.24) is 9.55 Å². The van der Waals surface area contributed by atoms with Crippen molar-refractivity contribution in [3.63, 3.8) is 0 Å². The van der Waals surface area contributed by atoms with Crippen molar-refractivity contribution in [1.29, 1.82) is 0 Å². The molecule has 1 aliphatic carbocycles. The Labute approximate surface area is 171 Å². The van der Waals surface area contributed by atoms with Crippen LogP contribution < -0.4 is 19.9 Å². The summed E-state index contributed by atoms with van der Waals surface area (Å²) in [5.74, 6) is 2.21. The molecule has 0 spiro atoms. The van der Waals surface area contributed by atoms with Crippen molar-refractivity contribution in [3.8, 4) is 11.5 Å². The van der Waals surface area contributed by atoms with Gasteiger partial charge in [0, 0.05) is 22.8 Å². The topological polar surface area (TPSA) is 56.6 Å². The van der Waals surface area contributed by atoms with E-state index >= 15 is 0 Å². The highest BCUT2D eigenvalue weighted by Crippen LogP contribution is 2.44. The minimum Gasteiger partial charge on any atom is -0.497 e. The van der Waals surface area contributed by atoms with E-state index in [-0.39, 0.29) is 11.6 Å². The molecule has 4 rings (SSSR count). The maximum Gasteiger partial charge on any atom is 0.294 e. The minimum absolute atomic E-state index is 0.117. The van der Waals surface area contributed by atoms with Gasteiger partial charge in [0.05, 0.1) is 19.3 Å². The molecule has 144 valence electrons. The number of methoxy groups -OCH3 is 1. The van der Waals surface area contributed by atoms with Crippen LogP contribution >= 0.6 is 27.5 Å². The van der Waals surface area contributed by atoms with Crippen LogP contribution in [0.5, 0.6) is 11.5 Å². The fraction of sp³-hybridized carbons (Fsp3) is 0.474. The highest BCUT2D eigenvalue weighted by molar-refractivity contribution is 9.10. The lowest BCUT2D eigenvalue weighted by atomic mass is 10.1. The number of fused-ring (bicyclic) bond motifs is 1. The van der Waals surface area contributed by atoms with Gasteiger partial charge in [-0.05, 0) is 47.2 Å². The van der Waals surface area contributed by atoms with E-state index in [2.05, 4.69) is 27.8 Å². The Bertz CT molecular complexity index is 929. The zero-order chi connectivity index (χ0) is 19.1. The highest BCUT2D eigenvalue weighted by atomic mass is 79.9. The van der Waals surface area contributed by atoms with Crippen LogP contribution in [-0.2, 0) is 0 Å². The summed E-state index contributed by atoms with van der Waals surface area (Å²) in [6.45, 7) is 3.07. The molecule has 0 amide bonds. The molecule has 1 saturated carbocycles. The van der Waals surface area contributed by atoms with Gasteiger partial charge in [-0.15, -0.1) is 0 Å². The van der Waals surface area contributed by atoms with E-state index in [4.69, 9.17) is 21.1 Å². The second-order valence-electron chi connectivity index (χ2n) is 6.87. The molecule has 0 N–H and O–H groups in total. The third-order valence-electron chi connectivity index (χ3n) is 5.16. The van der Waals surface area contributed by atoms with Gasteiger partial charge in [0.15, 0.2) is 0 Å². The van der Waals surface area contributed by atoms with Crippen LogP contribution in [0.3, 0.4) is 0 Å². The first-order chi connectivity index (χ1) is 13.0. The Balaban J connectivity index is 1.84. The smallest absolute Gasteiger partial charge is 0.294 e. The summed E-state index contributed by atoms with van der Waals surface area (Å²) in [5.41, 5.74) is 0.647. The minimum atomic E-state index is -0.117. The van der Waals surface area contributed by atoms with Crippen LogP contribution in [0.25, 0.3) is 0 Å². The summed E-state index contributed by atoms with van der Waals surface area (Å²) in [5, 5.41) is 0.321. The van der Waals surface area contributed by atoms with Gasteiger partial charge >= 0.3 is 0 Å². The van der Waals surface area contributed by atoms with E-state index in [0.29, 0.717) is 41.5 Å². The van der Waals surface area contributed by atoms with Crippen molar-refractivity contribution in [3.05, 3.63) is 38.3 Å². The predicted octanol–water partition coefficient (Wildman–Crippen LogP) is 4.56. The van der Waals surface area contributed by atoms with Gasteiger partial charge < -0.3 is 18.9 Å².